The van der Waals surface area contributed by atoms with Gasteiger partial charge in [0.1, 0.15) is 16.6 Å². The number of benzene rings is 2. The molecule has 0 aliphatic carbocycles. The standard InChI is InChI=1S/C24H23N3O4S/c1-14-6-7-16(8-15(14)2)20-13-32-23(27-20)17(11-25)12-26-19-10-22(30-4)21(29-3)9-18(19)24(28)31-5/h6-10,12-13,26H,1-5H3/b17-12+. The summed E-state index contributed by atoms with van der Waals surface area (Å²) in [6.07, 6.45) is 1.51. The van der Waals surface area contributed by atoms with E-state index in [1.54, 1.807) is 6.07 Å². The molecule has 0 saturated carbocycles. The van der Waals surface area contributed by atoms with Crippen LogP contribution in [0.3, 0.4) is 0 Å². The SMILES string of the molecule is COC(=O)c1cc(OC)c(OC)cc1N/C=C(\C#N)c1nc(-c2ccc(C)c(C)c2)cs1. The number of nitriles is 1. The van der Waals surface area contributed by atoms with Crippen LogP contribution in [0.5, 0.6) is 11.5 Å². The molecule has 0 amide bonds. The molecule has 1 N–H and O–H groups in total. The Hall–Kier alpha value is -3.83. The van der Waals surface area contributed by atoms with Crippen LogP contribution in [0.1, 0.15) is 26.5 Å². The van der Waals surface area contributed by atoms with Crippen molar-refractivity contribution >= 4 is 28.6 Å². The second kappa shape index (κ2) is 9.98. The summed E-state index contributed by atoms with van der Waals surface area (Å²) >= 11 is 1.37. The monoisotopic (exact) mass is 449 g/mol. The zero-order valence-electron chi connectivity index (χ0n) is 18.5. The first-order valence-corrected chi connectivity index (χ1v) is 10.5. The number of thiazole rings is 1. The lowest BCUT2D eigenvalue weighted by Gasteiger charge is -2.13. The van der Waals surface area contributed by atoms with E-state index in [-0.39, 0.29) is 5.56 Å². The Morgan fingerprint density at radius 2 is 1.81 bits per heavy atom. The molecule has 8 heteroatoms. The lowest BCUT2D eigenvalue weighted by atomic mass is 10.1. The fraction of sp³-hybridized carbons (Fsp3) is 0.208. The Bertz CT molecular complexity index is 1220. The second-order valence-corrected chi connectivity index (χ2v) is 7.75. The minimum atomic E-state index is -0.549. The van der Waals surface area contributed by atoms with E-state index in [2.05, 4.69) is 42.4 Å². The number of methoxy groups -OCH3 is 3. The Kier molecular flexibility index (Phi) is 7.13. The summed E-state index contributed by atoms with van der Waals surface area (Å²) < 4.78 is 15.5. The van der Waals surface area contributed by atoms with Gasteiger partial charge in [-0.1, -0.05) is 12.1 Å². The average molecular weight is 450 g/mol. The number of carbonyl (C=O) groups is 1. The predicted molar refractivity (Wildman–Crippen MR) is 125 cm³/mol. The molecular weight excluding hydrogens is 426 g/mol. The molecule has 0 atom stereocenters. The molecule has 0 fully saturated rings. The lowest BCUT2D eigenvalue weighted by molar-refractivity contribution is 0.0601. The molecule has 164 valence electrons. The number of allylic oxidation sites excluding steroid dienone is 1. The molecule has 1 heterocycles. The van der Waals surface area contributed by atoms with E-state index in [9.17, 15) is 10.1 Å². The third kappa shape index (κ3) is 4.74. The summed E-state index contributed by atoms with van der Waals surface area (Å²) in [4.78, 5) is 16.9. The molecule has 0 spiro atoms. The van der Waals surface area contributed by atoms with Crippen molar-refractivity contribution in [1.82, 2.24) is 4.98 Å². The number of esters is 1. The van der Waals surface area contributed by atoms with Crippen molar-refractivity contribution in [2.75, 3.05) is 26.6 Å². The predicted octanol–water partition coefficient (Wildman–Crippen LogP) is 5.21. The first-order valence-electron chi connectivity index (χ1n) is 9.66. The number of nitrogens with one attached hydrogen (secondary N) is 1. The van der Waals surface area contributed by atoms with Crippen LogP contribution in [0.2, 0.25) is 0 Å². The van der Waals surface area contributed by atoms with Crippen LogP contribution in [0.4, 0.5) is 5.69 Å². The number of hydrogen-bond acceptors (Lipinski definition) is 8. The molecule has 0 unspecified atom stereocenters. The van der Waals surface area contributed by atoms with Crippen LogP contribution in [-0.4, -0.2) is 32.3 Å². The minimum absolute atomic E-state index is 0.244. The van der Waals surface area contributed by atoms with E-state index < -0.39 is 5.97 Å². The van der Waals surface area contributed by atoms with Crippen molar-refractivity contribution < 1.29 is 19.0 Å². The number of anilines is 1. The van der Waals surface area contributed by atoms with E-state index in [4.69, 9.17) is 14.2 Å². The number of carbonyl (C=O) groups excluding carboxylic acids is 1. The van der Waals surface area contributed by atoms with Gasteiger partial charge in [0.25, 0.3) is 0 Å². The number of aryl methyl sites for hydroxylation is 2. The molecule has 1 aromatic heterocycles. The van der Waals surface area contributed by atoms with Gasteiger partial charge in [0.2, 0.25) is 0 Å². The molecule has 0 aliphatic heterocycles. The number of rotatable bonds is 7. The van der Waals surface area contributed by atoms with Crippen molar-refractivity contribution in [2.45, 2.75) is 13.8 Å². The van der Waals surface area contributed by atoms with E-state index in [0.29, 0.717) is 27.8 Å². The van der Waals surface area contributed by atoms with Crippen LogP contribution in [0, 0.1) is 25.2 Å². The largest absolute Gasteiger partial charge is 0.493 e. The number of ether oxygens (including phenoxy) is 3. The van der Waals surface area contributed by atoms with Crippen molar-refractivity contribution in [3.8, 4) is 28.8 Å². The highest BCUT2D eigenvalue weighted by molar-refractivity contribution is 7.11. The maximum atomic E-state index is 12.2. The van der Waals surface area contributed by atoms with Gasteiger partial charge >= 0.3 is 5.97 Å². The Labute approximate surface area is 190 Å². The molecular formula is C24H23N3O4S. The average Bonchev–Trinajstić information content (AvgIpc) is 3.30. The zero-order valence-corrected chi connectivity index (χ0v) is 19.3. The van der Waals surface area contributed by atoms with Gasteiger partial charge in [-0.05, 0) is 31.0 Å². The van der Waals surface area contributed by atoms with Gasteiger partial charge in [-0.3, -0.25) is 0 Å². The minimum Gasteiger partial charge on any atom is -0.493 e. The fourth-order valence-corrected chi connectivity index (χ4v) is 3.79. The molecule has 0 bridgehead atoms. The summed E-state index contributed by atoms with van der Waals surface area (Å²) in [6, 6.07) is 11.4. The highest BCUT2D eigenvalue weighted by atomic mass is 32.1. The van der Waals surface area contributed by atoms with Crippen molar-refractivity contribution in [3.05, 3.63) is 63.6 Å². The molecule has 3 rings (SSSR count). The topological polar surface area (TPSA) is 93.5 Å². The van der Waals surface area contributed by atoms with E-state index in [1.807, 2.05) is 11.4 Å². The van der Waals surface area contributed by atoms with E-state index in [1.165, 1.54) is 56.1 Å². The maximum Gasteiger partial charge on any atom is 0.340 e. The van der Waals surface area contributed by atoms with Gasteiger partial charge in [0.05, 0.1) is 38.3 Å². The summed E-state index contributed by atoms with van der Waals surface area (Å²) in [5.74, 6) is 0.272. The van der Waals surface area contributed by atoms with Gasteiger partial charge in [-0.15, -0.1) is 11.3 Å². The summed E-state index contributed by atoms with van der Waals surface area (Å²) in [7, 11) is 4.28. The van der Waals surface area contributed by atoms with Crippen molar-refractivity contribution in [3.63, 3.8) is 0 Å². The Morgan fingerprint density at radius 3 is 2.44 bits per heavy atom. The lowest BCUT2D eigenvalue weighted by Crippen LogP contribution is -2.07. The van der Waals surface area contributed by atoms with Gasteiger partial charge in [-0.2, -0.15) is 5.26 Å². The quantitative estimate of drug-likeness (QED) is 0.391. The molecule has 3 aromatic rings. The second-order valence-electron chi connectivity index (χ2n) is 6.90. The van der Waals surface area contributed by atoms with Crippen LogP contribution < -0.4 is 14.8 Å². The van der Waals surface area contributed by atoms with Crippen LogP contribution >= 0.6 is 11.3 Å². The third-order valence-corrected chi connectivity index (χ3v) is 5.83. The maximum absolute atomic E-state index is 12.2. The van der Waals surface area contributed by atoms with Gasteiger partial charge in [0, 0.05) is 29.3 Å². The van der Waals surface area contributed by atoms with Crippen molar-refractivity contribution in [1.29, 1.82) is 5.26 Å². The molecule has 7 nitrogen and oxygen atoms in total. The normalized spacial score (nSPS) is 10.9. The van der Waals surface area contributed by atoms with Gasteiger partial charge in [-0.25, -0.2) is 9.78 Å². The molecule has 0 saturated heterocycles. The van der Waals surface area contributed by atoms with Crippen LogP contribution in [0.25, 0.3) is 16.8 Å². The number of hydrogen-bond donors (Lipinski definition) is 1. The zero-order chi connectivity index (χ0) is 23.3. The molecule has 2 aromatic carbocycles. The highest BCUT2D eigenvalue weighted by Gasteiger charge is 2.18. The number of aromatic nitrogens is 1. The molecule has 0 radical (unpaired) electrons. The smallest absolute Gasteiger partial charge is 0.340 e. The first-order chi connectivity index (χ1) is 15.4. The Morgan fingerprint density at radius 1 is 1.09 bits per heavy atom. The first kappa shape index (κ1) is 22.8. The van der Waals surface area contributed by atoms with Crippen molar-refractivity contribution in [2.24, 2.45) is 0 Å². The number of nitrogens with zero attached hydrogens (tertiary/aromatic N) is 2. The fourth-order valence-electron chi connectivity index (χ4n) is 3.00. The molecule has 0 aliphatic rings. The summed E-state index contributed by atoms with van der Waals surface area (Å²) in [5.41, 5.74) is 5.17. The summed E-state index contributed by atoms with van der Waals surface area (Å²) in [5, 5.41) is 15.2. The van der Waals surface area contributed by atoms with Crippen LogP contribution in [0.15, 0.2) is 41.9 Å². The van der Waals surface area contributed by atoms with E-state index in [0.717, 1.165) is 11.3 Å². The van der Waals surface area contributed by atoms with Crippen LogP contribution in [-0.2, 0) is 4.74 Å². The van der Waals surface area contributed by atoms with Gasteiger partial charge < -0.3 is 19.5 Å². The Balaban J connectivity index is 1.94. The van der Waals surface area contributed by atoms with Gasteiger partial charge in [0.15, 0.2) is 11.5 Å². The summed E-state index contributed by atoms with van der Waals surface area (Å²) in [6.45, 7) is 4.11. The highest BCUT2D eigenvalue weighted by Crippen LogP contribution is 2.34. The third-order valence-electron chi connectivity index (χ3n) is 4.96. The van der Waals surface area contributed by atoms with E-state index >= 15 is 0 Å². The molecule has 32 heavy (non-hydrogen) atoms.